The molecule has 0 heterocycles. The third-order valence-electron chi connectivity index (χ3n) is 1.85. The van der Waals surface area contributed by atoms with Crippen molar-refractivity contribution in [3.8, 4) is 0 Å². The number of hydrogen-bond acceptors (Lipinski definition) is 2. The molecule has 1 aromatic rings. The summed E-state index contributed by atoms with van der Waals surface area (Å²) in [5.74, 6) is 0. The first-order chi connectivity index (χ1) is 6.45. The van der Waals surface area contributed by atoms with Crippen molar-refractivity contribution in [3.63, 3.8) is 0 Å². The van der Waals surface area contributed by atoms with Crippen LogP contribution >= 0.6 is 0 Å². The van der Waals surface area contributed by atoms with Gasteiger partial charge in [-0.05, 0) is 24.1 Å². The lowest BCUT2D eigenvalue weighted by atomic mass is 10.1. The lowest BCUT2D eigenvalue weighted by Gasteiger charge is -2.09. The summed E-state index contributed by atoms with van der Waals surface area (Å²) in [6.07, 6.45) is -4.10. The fraction of sp³-hybridized carbons (Fsp3) is 0.333. The normalized spacial score (nSPS) is 11.7. The van der Waals surface area contributed by atoms with E-state index in [-0.39, 0.29) is 18.7 Å². The van der Waals surface area contributed by atoms with Gasteiger partial charge >= 0.3 is 6.18 Å². The monoisotopic (exact) mass is 205 g/mol. The number of halogens is 3. The third-order valence-corrected chi connectivity index (χ3v) is 1.85. The predicted molar refractivity (Wildman–Crippen MR) is 46.6 cm³/mol. The minimum Gasteiger partial charge on any atom is -0.398 e. The van der Waals surface area contributed by atoms with Crippen molar-refractivity contribution in [2.24, 2.45) is 0 Å². The first kappa shape index (κ1) is 10.8. The van der Waals surface area contributed by atoms with Gasteiger partial charge in [-0.25, -0.2) is 0 Å². The highest BCUT2D eigenvalue weighted by molar-refractivity contribution is 5.49. The van der Waals surface area contributed by atoms with Gasteiger partial charge < -0.3 is 10.8 Å². The summed E-state index contributed by atoms with van der Waals surface area (Å²) in [4.78, 5) is 0. The Kier molecular flexibility index (Phi) is 3.00. The molecular formula is C9H10F3NO. The summed E-state index contributed by atoms with van der Waals surface area (Å²) >= 11 is 0. The van der Waals surface area contributed by atoms with E-state index in [4.69, 9.17) is 10.8 Å². The predicted octanol–water partition coefficient (Wildman–Crippen LogP) is 1.82. The molecule has 5 heteroatoms. The van der Waals surface area contributed by atoms with E-state index in [1.165, 1.54) is 6.07 Å². The van der Waals surface area contributed by atoms with Gasteiger partial charge in [0.1, 0.15) is 0 Å². The lowest BCUT2D eigenvalue weighted by molar-refractivity contribution is -0.137. The number of benzene rings is 1. The van der Waals surface area contributed by atoms with Crippen LogP contribution in [0.15, 0.2) is 18.2 Å². The molecule has 0 saturated carbocycles. The van der Waals surface area contributed by atoms with Crippen LogP contribution in [0.1, 0.15) is 11.1 Å². The molecule has 1 aromatic carbocycles. The van der Waals surface area contributed by atoms with Gasteiger partial charge in [-0.3, -0.25) is 0 Å². The maximum atomic E-state index is 12.2. The van der Waals surface area contributed by atoms with Crippen LogP contribution in [0.25, 0.3) is 0 Å². The minimum absolute atomic E-state index is 0.0638. The maximum absolute atomic E-state index is 12.2. The first-order valence-corrected chi connectivity index (χ1v) is 4.01. The molecule has 0 unspecified atom stereocenters. The van der Waals surface area contributed by atoms with Gasteiger partial charge in [0.25, 0.3) is 0 Å². The summed E-state index contributed by atoms with van der Waals surface area (Å²) in [7, 11) is 0. The zero-order chi connectivity index (χ0) is 10.8. The highest BCUT2D eigenvalue weighted by Crippen LogP contribution is 2.31. The molecule has 0 saturated heterocycles. The summed E-state index contributed by atoms with van der Waals surface area (Å²) < 4.78 is 36.5. The molecule has 3 N–H and O–H groups in total. The van der Waals surface area contributed by atoms with E-state index >= 15 is 0 Å². The molecule has 0 aliphatic carbocycles. The number of aliphatic hydroxyl groups excluding tert-OH is 1. The number of aliphatic hydroxyl groups is 1. The van der Waals surface area contributed by atoms with Crippen molar-refractivity contribution in [2.75, 3.05) is 12.3 Å². The van der Waals surface area contributed by atoms with Crippen LogP contribution in [0.2, 0.25) is 0 Å². The molecule has 2 nitrogen and oxygen atoms in total. The van der Waals surface area contributed by atoms with E-state index in [0.717, 1.165) is 12.1 Å². The summed E-state index contributed by atoms with van der Waals surface area (Å²) in [5.41, 5.74) is 5.22. The second kappa shape index (κ2) is 3.88. The average molecular weight is 205 g/mol. The number of alkyl halides is 3. The van der Waals surface area contributed by atoms with Crippen molar-refractivity contribution in [2.45, 2.75) is 12.6 Å². The highest BCUT2D eigenvalue weighted by Gasteiger charge is 2.30. The Morgan fingerprint density at radius 3 is 2.36 bits per heavy atom. The van der Waals surface area contributed by atoms with Crippen LogP contribution < -0.4 is 5.73 Å². The largest absolute Gasteiger partial charge is 0.416 e. The molecule has 0 spiro atoms. The summed E-state index contributed by atoms with van der Waals surface area (Å²) in [5, 5.41) is 8.60. The van der Waals surface area contributed by atoms with Crippen molar-refractivity contribution < 1.29 is 18.3 Å². The molecule has 78 valence electrons. The highest BCUT2D eigenvalue weighted by atomic mass is 19.4. The number of rotatable bonds is 2. The molecule has 0 aliphatic rings. The van der Waals surface area contributed by atoms with Gasteiger partial charge in [0.2, 0.25) is 0 Å². The van der Waals surface area contributed by atoms with E-state index in [2.05, 4.69) is 0 Å². The van der Waals surface area contributed by atoms with Gasteiger partial charge in [-0.2, -0.15) is 13.2 Å². The van der Waals surface area contributed by atoms with Crippen molar-refractivity contribution in [1.29, 1.82) is 0 Å². The van der Waals surface area contributed by atoms with Gasteiger partial charge in [-0.15, -0.1) is 0 Å². The minimum atomic E-state index is -4.37. The van der Waals surface area contributed by atoms with Crippen LogP contribution in [-0.2, 0) is 12.6 Å². The number of nitrogens with two attached hydrogens (primary N) is 1. The molecule has 0 radical (unpaired) electrons. The molecule has 1 rings (SSSR count). The number of anilines is 1. The summed E-state index contributed by atoms with van der Waals surface area (Å²) in [6.45, 7) is -0.129. The van der Waals surface area contributed by atoms with E-state index in [9.17, 15) is 13.2 Å². The van der Waals surface area contributed by atoms with Crippen LogP contribution in [0.3, 0.4) is 0 Å². The molecule has 0 aromatic heterocycles. The fourth-order valence-electron chi connectivity index (χ4n) is 1.12. The van der Waals surface area contributed by atoms with Gasteiger partial charge in [0, 0.05) is 12.3 Å². The van der Waals surface area contributed by atoms with E-state index in [1.807, 2.05) is 0 Å². The van der Waals surface area contributed by atoms with Gasteiger partial charge in [-0.1, -0.05) is 6.07 Å². The van der Waals surface area contributed by atoms with Gasteiger partial charge in [0.05, 0.1) is 5.56 Å². The number of hydrogen-bond donors (Lipinski definition) is 2. The molecular weight excluding hydrogens is 195 g/mol. The Morgan fingerprint density at radius 1 is 1.29 bits per heavy atom. The number of nitrogen functional groups attached to an aromatic ring is 1. The topological polar surface area (TPSA) is 46.2 Å². The molecule has 0 atom stereocenters. The molecule has 0 aliphatic heterocycles. The van der Waals surface area contributed by atoms with Crippen molar-refractivity contribution in [1.82, 2.24) is 0 Å². The van der Waals surface area contributed by atoms with Crippen LogP contribution in [0, 0.1) is 0 Å². The SMILES string of the molecule is Nc1cc(C(F)(F)F)ccc1CCO. The zero-order valence-electron chi connectivity index (χ0n) is 7.30. The average Bonchev–Trinajstić information content (AvgIpc) is 2.07. The van der Waals surface area contributed by atoms with Crippen LogP contribution in [-0.4, -0.2) is 11.7 Å². The Balaban J connectivity index is 3.01. The lowest BCUT2D eigenvalue weighted by Crippen LogP contribution is -2.07. The Morgan fingerprint density at radius 2 is 1.93 bits per heavy atom. The first-order valence-electron chi connectivity index (χ1n) is 4.01. The third kappa shape index (κ3) is 2.38. The molecule has 0 bridgehead atoms. The molecule has 14 heavy (non-hydrogen) atoms. The summed E-state index contributed by atoms with van der Waals surface area (Å²) in [6, 6.07) is 3.13. The Bertz CT molecular complexity index is 322. The van der Waals surface area contributed by atoms with E-state index in [1.54, 1.807) is 0 Å². The smallest absolute Gasteiger partial charge is 0.398 e. The van der Waals surface area contributed by atoms with E-state index in [0.29, 0.717) is 5.56 Å². The zero-order valence-corrected chi connectivity index (χ0v) is 7.30. The van der Waals surface area contributed by atoms with Crippen molar-refractivity contribution >= 4 is 5.69 Å². The molecule has 0 fully saturated rings. The van der Waals surface area contributed by atoms with E-state index < -0.39 is 11.7 Å². The van der Waals surface area contributed by atoms with Crippen LogP contribution in [0.4, 0.5) is 18.9 Å². The second-order valence-electron chi connectivity index (χ2n) is 2.88. The van der Waals surface area contributed by atoms with Crippen molar-refractivity contribution in [3.05, 3.63) is 29.3 Å². The standard InChI is InChI=1S/C9H10F3NO/c10-9(11,12)7-2-1-6(3-4-14)8(13)5-7/h1-2,5,14H,3-4,13H2. The second-order valence-corrected chi connectivity index (χ2v) is 2.88. The fourth-order valence-corrected chi connectivity index (χ4v) is 1.12. The maximum Gasteiger partial charge on any atom is 0.416 e. The quantitative estimate of drug-likeness (QED) is 0.723. The molecule has 0 amide bonds. The Labute approximate surface area is 79.2 Å². The van der Waals surface area contributed by atoms with Crippen LogP contribution in [0.5, 0.6) is 0 Å². The van der Waals surface area contributed by atoms with Gasteiger partial charge in [0.15, 0.2) is 0 Å². The Hall–Kier alpha value is -1.23.